The van der Waals surface area contributed by atoms with E-state index >= 15 is 0 Å². The molecule has 1 amide bonds. The van der Waals surface area contributed by atoms with Gasteiger partial charge in [0.1, 0.15) is 5.75 Å². The van der Waals surface area contributed by atoms with Crippen LogP contribution in [0.2, 0.25) is 5.02 Å². The fourth-order valence-electron chi connectivity index (χ4n) is 1.92. The highest BCUT2D eigenvalue weighted by Crippen LogP contribution is 2.27. The molecule has 116 valence electrons. The van der Waals surface area contributed by atoms with Gasteiger partial charge in [0.05, 0.1) is 19.3 Å². The number of benzene rings is 2. The molecule has 0 saturated heterocycles. The summed E-state index contributed by atoms with van der Waals surface area (Å²) >= 11 is 9.38. The minimum Gasteiger partial charge on any atom is -0.495 e. The van der Waals surface area contributed by atoms with Gasteiger partial charge in [-0.3, -0.25) is 4.79 Å². The van der Waals surface area contributed by atoms with Gasteiger partial charge in [0.25, 0.3) is 0 Å². The Labute approximate surface area is 142 Å². The molecule has 0 unspecified atom stereocenters. The fraction of sp³-hybridized carbons (Fsp3) is 0.188. The molecule has 0 radical (unpaired) electrons. The Balaban J connectivity index is 1.98. The van der Waals surface area contributed by atoms with Gasteiger partial charge in [-0.05, 0) is 48.9 Å². The van der Waals surface area contributed by atoms with Crippen molar-refractivity contribution in [2.75, 3.05) is 24.3 Å². The molecule has 0 aromatic heterocycles. The zero-order valence-electron chi connectivity index (χ0n) is 12.2. The van der Waals surface area contributed by atoms with Gasteiger partial charge >= 0.3 is 0 Å². The molecule has 22 heavy (non-hydrogen) atoms. The fourth-order valence-corrected chi connectivity index (χ4v) is 2.34. The van der Waals surface area contributed by atoms with Gasteiger partial charge in [-0.1, -0.05) is 27.5 Å². The van der Waals surface area contributed by atoms with E-state index in [1.807, 2.05) is 25.1 Å². The number of hydrogen-bond acceptors (Lipinski definition) is 3. The van der Waals surface area contributed by atoms with Gasteiger partial charge < -0.3 is 15.4 Å². The number of anilines is 2. The number of carbonyl (C=O) groups excluding carboxylic acids is 1. The predicted molar refractivity (Wildman–Crippen MR) is 94.0 cm³/mol. The van der Waals surface area contributed by atoms with Crippen LogP contribution in [-0.2, 0) is 4.79 Å². The van der Waals surface area contributed by atoms with Crippen molar-refractivity contribution >= 4 is 44.8 Å². The lowest BCUT2D eigenvalue weighted by Crippen LogP contribution is -2.22. The highest BCUT2D eigenvalue weighted by Gasteiger charge is 2.07. The van der Waals surface area contributed by atoms with E-state index in [0.29, 0.717) is 16.5 Å². The van der Waals surface area contributed by atoms with E-state index in [1.54, 1.807) is 25.3 Å². The monoisotopic (exact) mass is 382 g/mol. The molecule has 0 atom stereocenters. The molecular formula is C16H16BrClN2O2. The number of amides is 1. The first-order chi connectivity index (χ1) is 10.5. The molecule has 0 fully saturated rings. The van der Waals surface area contributed by atoms with Crippen LogP contribution in [0.1, 0.15) is 5.56 Å². The summed E-state index contributed by atoms with van der Waals surface area (Å²) in [6.45, 7) is 2.08. The lowest BCUT2D eigenvalue weighted by atomic mass is 10.2. The summed E-state index contributed by atoms with van der Waals surface area (Å²) < 4.78 is 6.23. The molecule has 0 aliphatic carbocycles. The van der Waals surface area contributed by atoms with Crippen LogP contribution < -0.4 is 15.4 Å². The lowest BCUT2D eigenvalue weighted by Gasteiger charge is -2.12. The van der Waals surface area contributed by atoms with Crippen molar-refractivity contribution in [3.05, 3.63) is 51.5 Å². The average molecular weight is 384 g/mol. The Kier molecular flexibility index (Phi) is 5.69. The third kappa shape index (κ3) is 4.39. The molecule has 4 nitrogen and oxygen atoms in total. The van der Waals surface area contributed by atoms with E-state index in [-0.39, 0.29) is 12.5 Å². The van der Waals surface area contributed by atoms with Crippen molar-refractivity contribution < 1.29 is 9.53 Å². The summed E-state index contributed by atoms with van der Waals surface area (Å²) in [6, 6.07) is 10.9. The summed E-state index contributed by atoms with van der Waals surface area (Å²) in [7, 11) is 1.57. The second kappa shape index (κ2) is 7.51. The summed E-state index contributed by atoms with van der Waals surface area (Å²) in [5, 5.41) is 6.43. The third-order valence-corrected chi connectivity index (χ3v) is 4.17. The molecule has 2 aromatic carbocycles. The van der Waals surface area contributed by atoms with E-state index in [4.69, 9.17) is 16.3 Å². The van der Waals surface area contributed by atoms with E-state index < -0.39 is 0 Å². The van der Waals surface area contributed by atoms with Gasteiger partial charge in [0, 0.05) is 15.2 Å². The van der Waals surface area contributed by atoms with Crippen LogP contribution in [0.3, 0.4) is 0 Å². The normalized spacial score (nSPS) is 10.2. The molecule has 0 aliphatic rings. The second-order valence-electron chi connectivity index (χ2n) is 4.71. The maximum Gasteiger partial charge on any atom is 0.243 e. The van der Waals surface area contributed by atoms with Crippen LogP contribution in [-0.4, -0.2) is 19.6 Å². The van der Waals surface area contributed by atoms with Crippen molar-refractivity contribution in [1.82, 2.24) is 0 Å². The van der Waals surface area contributed by atoms with E-state index in [2.05, 4.69) is 26.6 Å². The number of hydrogen-bond donors (Lipinski definition) is 2. The largest absolute Gasteiger partial charge is 0.495 e. The van der Waals surface area contributed by atoms with Crippen LogP contribution in [0, 0.1) is 6.92 Å². The quantitative estimate of drug-likeness (QED) is 0.801. The highest BCUT2D eigenvalue weighted by atomic mass is 79.9. The van der Waals surface area contributed by atoms with Crippen molar-refractivity contribution in [1.29, 1.82) is 0 Å². The molecule has 0 bridgehead atoms. The number of halogens is 2. The molecular weight excluding hydrogens is 368 g/mol. The van der Waals surface area contributed by atoms with Crippen LogP contribution in [0.25, 0.3) is 0 Å². The number of aryl methyl sites for hydroxylation is 1. The SMILES string of the molecule is COc1ccc(Cl)cc1NCC(=O)Nc1ccc(Br)c(C)c1. The van der Waals surface area contributed by atoms with Gasteiger partial charge in [-0.2, -0.15) is 0 Å². The molecule has 2 aromatic rings. The maximum atomic E-state index is 12.0. The minimum atomic E-state index is -0.149. The second-order valence-corrected chi connectivity index (χ2v) is 6.00. The number of rotatable bonds is 5. The van der Waals surface area contributed by atoms with Gasteiger partial charge in [-0.25, -0.2) is 0 Å². The molecule has 0 saturated carbocycles. The van der Waals surface area contributed by atoms with Crippen molar-refractivity contribution in [2.24, 2.45) is 0 Å². The molecule has 6 heteroatoms. The Morgan fingerprint density at radius 1 is 1.27 bits per heavy atom. The topological polar surface area (TPSA) is 50.4 Å². The van der Waals surface area contributed by atoms with Gasteiger partial charge in [0.2, 0.25) is 5.91 Å². The lowest BCUT2D eigenvalue weighted by molar-refractivity contribution is -0.114. The zero-order chi connectivity index (χ0) is 16.1. The summed E-state index contributed by atoms with van der Waals surface area (Å²) in [5.41, 5.74) is 2.49. The molecule has 0 spiro atoms. The molecule has 0 heterocycles. The Bertz CT molecular complexity index is 692. The van der Waals surface area contributed by atoms with E-state index in [9.17, 15) is 4.79 Å². The number of carbonyl (C=O) groups is 1. The molecule has 2 N–H and O–H groups in total. The minimum absolute atomic E-state index is 0.117. The van der Waals surface area contributed by atoms with E-state index in [0.717, 1.165) is 15.7 Å². The Hall–Kier alpha value is -1.72. The number of ether oxygens (including phenoxy) is 1. The van der Waals surface area contributed by atoms with Gasteiger partial charge in [0.15, 0.2) is 0 Å². The molecule has 0 aliphatic heterocycles. The highest BCUT2D eigenvalue weighted by molar-refractivity contribution is 9.10. The first-order valence-corrected chi connectivity index (χ1v) is 7.80. The number of nitrogens with one attached hydrogen (secondary N) is 2. The van der Waals surface area contributed by atoms with Crippen molar-refractivity contribution in [3.8, 4) is 5.75 Å². The van der Waals surface area contributed by atoms with Crippen LogP contribution in [0.4, 0.5) is 11.4 Å². The van der Waals surface area contributed by atoms with Crippen LogP contribution >= 0.6 is 27.5 Å². The maximum absolute atomic E-state index is 12.0. The predicted octanol–water partition coefficient (Wildman–Crippen LogP) is 4.47. The third-order valence-electron chi connectivity index (χ3n) is 3.04. The molecule has 2 rings (SSSR count). The zero-order valence-corrected chi connectivity index (χ0v) is 14.6. The van der Waals surface area contributed by atoms with Crippen molar-refractivity contribution in [3.63, 3.8) is 0 Å². The van der Waals surface area contributed by atoms with Crippen molar-refractivity contribution in [2.45, 2.75) is 6.92 Å². The van der Waals surface area contributed by atoms with Crippen LogP contribution in [0.15, 0.2) is 40.9 Å². The van der Waals surface area contributed by atoms with Crippen LogP contribution in [0.5, 0.6) is 5.75 Å². The first-order valence-electron chi connectivity index (χ1n) is 6.63. The summed E-state index contributed by atoms with van der Waals surface area (Å²) in [6.07, 6.45) is 0. The Morgan fingerprint density at radius 3 is 2.73 bits per heavy atom. The summed E-state index contributed by atoms with van der Waals surface area (Å²) in [4.78, 5) is 12.0. The van der Waals surface area contributed by atoms with Gasteiger partial charge in [-0.15, -0.1) is 0 Å². The number of methoxy groups -OCH3 is 1. The van der Waals surface area contributed by atoms with E-state index in [1.165, 1.54) is 0 Å². The Morgan fingerprint density at radius 2 is 2.05 bits per heavy atom. The summed E-state index contributed by atoms with van der Waals surface area (Å²) in [5.74, 6) is 0.487. The average Bonchev–Trinajstić information content (AvgIpc) is 2.49. The standard InChI is InChI=1S/C16H16BrClN2O2/c1-10-7-12(4-5-13(10)17)20-16(21)9-19-14-8-11(18)3-6-15(14)22-2/h3-8,19H,9H2,1-2H3,(H,20,21). The first kappa shape index (κ1) is 16.6. The smallest absolute Gasteiger partial charge is 0.243 e.